The molecule has 1 atom stereocenters. The molecule has 0 aromatic carbocycles. The van der Waals surface area contributed by atoms with E-state index in [0.29, 0.717) is 6.42 Å². The minimum Gasteiger partial charge on any atom is -0.381 e. The first-order valence-electron chi connectivity index (χ1n) is 7.99. The van der Waals surface area contributed by atoms with Crippen LogP contribution in [-0.4, -0.2) is 25.5 Å². The van der Waals surface area contributed by atoms with Gasteiger partial charge in [-0.3, -0.25) is 4.79 Å². The van der Waals surface area contributed by atoms with Gasteiger partial charge in [0.15, 0.2) is 0 Å². The predicted molar refractivity (Wildman–Crippen MR) is 81.3 cm³/mol. The lowest BCUT2D eigenvalue weighted by molar-refractivity contribution is -0.120. The van der Waals surface area contributed by atoms with Gasteiger partial charge in [-0.15, -0.1) is 0 Å². The molecule has 114 valence electrons. The highest BCUT2D eigenvalue weighted by Gasteiger charge is 2.11. The van der Waals surface area contributed by atoms with E-state index in [9.17, 15) is 4.79 Å². The highest BCUT2D eigenvalue weighted by atomic mass is 16.5. The average Bonchev–Trinajstić information content (AvgIpc) is 2.43. The van der Waals surface area contributed by atoms with E-state index in [4.69, 9.17) is 10.5 Å². The Hall–Kier alpha value is -0.410. The van der Waals surface area contributed by atoms with Gasteiger partial charge in [-0.25, -0.2) is 0 Å². The van der Waals surface area contributed by atoms with Crippen molar-refractivity contribution < 1.29 is 9.53 Å². The molecule has 0 saturated carbocycles. The summed E-state index contributed by atoms with van der Waals surface area (Å²) in [6.45, 7) is 2.39. The van der Waals surface area contributed by atoms with Crippen molar-refractivity contribution in [2.45, 2.75) is 83.7 Å². The van der Waals surface area contributed by atoms with Crippen molar-refractivity contribution in [3.05, 3.63) is 0 Å². The fourth-order valence-corrected chi connectivity index (χ4v) is 2.32. The highest BCUT2D eigenvalue weighted by molar-refractivity contribution is 5.80. The van der Waals surface area contributed by atoms with Crippen molar-refractivity contribution in [2.24, 2.45) is 5.73 Å². The summed E-state index contributed by atoms with van der Waals surface area (Å²) in [5.74, 6) is 0.0998. The first-order chi connectivity index (χ1) is 9.24. The van der Waals surface area contributed by atoms with E-state index in [1.807, 2.05) is 0 Å². The van der Waals surface area contributed by atoms with Gasteiger partial charge in [0, 0.05) is 13.5 Å². The highest BCUT2D eigenvalue weighted by Crippen LogP contribution is 2.13. The van der Waals surface area contributed by atoms with Crippen molar-refractivity contribution in [1.29, 1.82) is 0 Å². The van der Waals surface area contributed by atoms with Crippen molar-refractivity contribution >= 4 is 5.78 Å². The number of carbonyl (C=O) groups excluding carboxylic acids is 1. The molecule has 0 amide bonds. The molecule has 0 rings (SSSR count). The van der Waals surface area contributed by atoms with Crippen LogP contribution >= 0.6 is 0 Å². The van der Waals surface area contributed by atoms with Crippen molar-refractivity contribution in [2.75, 3.05) is 13.7 Å². The molecule has 0 aliphatic heterocycles. The fraction of sp³-hybridized carbons (Fsp3) is 0.938. The maximum Gasteiger partial charge on any atom is 0.148 e. The average molecular weight is 271 g/mol. The van der Waals surface area contributed by atoms with Gasteiger partial charge in [0.05, 0.1) is 12.6 Å². The molecule has 1 unspecified atom stereocenters. The number of ketones is 1. The van der Waals surface area contributed by atoms with Crippen LogP contribution in [0.5, 0.6) is 0 Å². The Bertz CT molecular complexity index is 207. The van der Waals surface area contributed by atoms with Gasteiger partial charge in [0.25, 0.3) is 0 Å². The van der Waals surface area contributed by atoms with Gasteiger partial charge in [-0.05, 0) is 6.42 Å². The predicted octanol–water partition coefficient (Wildman–Crippen LogP) is 3.84. The van der Waals surface area contributed by atoms with Crippen molar-refractivity contribution in [3.63, 3.8) is 0 Å². The number of nitrogens with two attached hydrogens (primary N) is 1. The van der Waals surface area contributed by atoms with Gasteiger partial charge in [-0.2, -0.15) is 0 Å². The van der Waals surface area contributed by atoms with Crippen LogP contribution in [0.25, 0.3) is 0 Å². The molecule has 0 spiro atoms. The van der Waals surface area contributed by atoms with Crippen LogP contribution in [0.15, 0.2) is 0 Å². The van der Waals surface area contributed by atoms with Crippen molar-refractivity contribution in [1.82, 2.24) is 0 Å². The lowest BCUT2D eigenvalue weighted by Crippen LogP contribution is -2.21. The van der Waals surface area contributed by atoms with E-state index in [0.717, 1.165) is 12.8 Å². The summed E-state index contributed by atoms with van der Waals surface area (Å²) in [6.07, 6.45) is 13.5. The van der Waals surface area contributed by atoms with Crippen LogP contribution in [0.3, 0.4) is 0 Å². The molecule has 3 nitrogen and oxygen atoms in total. The third kappa shape index (κ3) is 12.4. The number of carbonyl (C=O) groups is 1. The summed E-state index contributed by atoms with van der Waals surface area (Å²) in [7, 11) is 1.68. The summed E-state index contributed by atoms with van der Waals surface area (Å²) >= 11 is 0. The van der Waals surface area contributed by atoms with Crippen LogP contribution in [0.1, 0.15) is 77.6 Å². The topological polar surface area (TPSA) is 52.3 Å². The maximum absolute atomic E-state index is 11.2. The second-order valence-corrected chi connectivity index (χ2v) is 5.42. The minimum atomic E-state index is 0.0700. The number of ether oxygens (including phenoxy) is 1. The molecule has 0 saturated heterocycles. The van der Waals surface area contributed by atoms with Gasteiger partial charge >= 0.3 is 0 Å². The summed E-state index contributed by atoms with van der Waals surface area (Å²) in [4.78, 5) is 11.2. The van der Waals surface area contributed by atoms with Gasteiger partial charge < -0.3 is 10.5 Å². The Labute approximate surface area is 119 Å². The van der Waals surface area contributed by atoms with Crippen LogP contribution in [0.4, 0.5) is 0 Å². The zero-order valence-electron chi connectivity index (χ0n) is 13.0. The lowest BCUT2D eigenvalue weighted by Gasteiger charge is -2.13. The number of rotatable bonds is 14. The molecule has 0 heterocycles. The van der Waals surface area contributed by atoms with Crippen molar-refractivity contribution in [3.8, 4) is 0 Å². The largest absolute Gasteiger partial charge is 0.381 e. The Morgan fingerprint density at radius 3 is 2.00 bits per heavy atom. The normalized spacial score (nSPS) is 12.6. The van der Waals surface area contributed by atoms with Crippen LogP contribution in [0.2, 0.25) is 0 Å². The molecule has 0 aromatic rings. The molecule has 3 heteroatoms. The standard InChI is InChI=1S/C16H33NO2/c1-3-4-5-6-7-8-9-10-11-12-16(19-2)13-15(18)14-17/h16H,3-14,17H2,1-2H3. The van der Waals surface area contributed by atoms with E-state index in [-0.39, 0.29) is 18.4 Å². The molecule has 0 fully saturated rings. The third-order valence-corrected chi connectivity index (χ3v) is 3.65. The Morgan fingerprint density at radius 2 is 1.53 bits per heavy atom. The second-order valence-electron chi connectivity index (χ2n) is 5.42. The molecule has 0 aliphatic rings. The van der Waals surface area contributed by atoms with Gasteiger partial charge in [0.2, 0.25) is 0 Å². The summed E-state index contributed by atoms with van der Waals surface area (Å²) < 4.78 is 5.32. The molecule has 19 heavy (non-hydrogen) atoms. The quantitative estimate of drug-likeness (QED) is 0.488. The van der Waals surface area contributed by atoms with Gasteiger partial charge in [0.1, 0.15) is 5.78 Å². The number of methoxy groups -OCH3 is 1. The summed E-state index contributed by atoms with van der Waals surface area (Å²) in [5.41, 5.74) is 5.31. The van der Waals surface area contributed by atoms with E-state index in [2.05, 4.69) is 6.92 Å². The molecule has 0 radical (unpaired) electrons. The molecular formula is C16H33NO2. The van der Waals surface area contributed by atoms with E-state index in [1.54, 1.807) is 7.11 Å². The zero-order valence-corrected chi connectivity index (χ0v) is 13.0. The second kappa shape index (κ2) is 14.0. The molecular weight excluding hydrogens is 238 g/mol. The number of hydrogen-bond acceptors (Lipinski definition) is 3. The van der Waals surface area contributed by atoms with Crippen LogP contribution in [-0.2, 0) is 9.53 Å². The molecule has 2 N–H and O–H groups in total. The SMILES string of the molecule is CCCCCCCCCCCC(CC(=O)CN)OC. The zero-order chi connectivity index (χ0) is 14.3. The fourth-order valence-electron chi connectivity index (χ4n) is 2.32. The lowest BCUT2D eigenvalue weighted by atomic mass is 10.0. The first-order valence-corrected chi connectivity index (χ1v) is 7.99. The van der Waals surface area contributed by atoms with E-state index in [1.165, 1.54) is 51.4 Å². The van der Waals surface area contributed by atoms with Gasteiger partial charge in [-0.1, -0.05) is 64.7 Å². The van der Waals surface area contributed by atoms with E-state index >= 15 is 0 Å². The number of Topliss-reactive ketones (excluding diaryl/α,β-unsaturated/α-hetero) is 1. The minimum absolute atomic E-state index is 0.0700. The Kier molecular flexibility index (Phi) is 13.7. The summed E-state index contributed by atoms with van der Waals surface area (Å²) in [5, 5.41) is 0. The smallest absolute Gasteiger partial charge is 0.148 e. The molecule has 0 aromatic heterocycles. The van der Waals surface area contributed by atoms with Crippen LogP contribution in [0, 0.1) is 0 Å². The molecule has 0 bridgehead atoms. The molecule has 0 aliphatic carbocycles. The van der Waals surface area contributed by atoms with E-state index < -0.39 is 0 Å². The monoisotopic (exact) mass is 271 g/mol. The summed E-state index contributed by atoms with van der Waals surface area (Å²) in [6, 6.07) is 0. The van der Waals surface area contributed by atoms with Crippen LogP contribution < -0.4 is 5.73 Å². The Morgan fingerprint density at radius 1 is 1.00 bits per heavy atom. The Balaban J connectivity index is 3.33. The first kappa shape index (κ1) is 18.6. The number of hydrogen-bond donors (Lipinski definition) is 1. The maximum atomic E-state index is 11.2. The number of unbranched alkanes of at least 4 members (excludes halogenated alkanes) is 8. The third-order valence-electron chi connectivity index (χ3n) is 3.65.